The molecule has 0 aliphatic carbocycles. The van der Waals surface area contributed by atoms with Crippen molar-refractivity contribution in [3.05, 3.63) is 161 Å². The number of aromatic nitrogens is 8. The summed E-state index contributed by atoms with van der Waals surface area (Å²) in [6.45, 7) is 4.21. The summed E-state index contributed by atoms with van der Waals surface area (Å²) in [4.78, 5) is 42.8. The van der Waals surface area contributed by atoms with E-state index >= 15 is 0 Å². The Labute approximate surface area is 394 Å². The topological polar surface area (TPSA) is 263 Å². The van der Waals surface area contributed by atoms with Gasteiger partial charge in [0.2, 0.25) is 17.7 Å². The highest BCUT2D eigenvalue weighted by Gasteiger charge is 2.20. The SMILES string of the molecule is Cc1cc(C=C(C#N)C(=O)Nc2cccc(Oc3ncnc(N)c3-c3cnn(Cc4cccc(Cl)c4)c3)c2)cc(Cn2cc(-c3c(N)ncnc3Oc3cccc(NC(=O)C(C)C#N)c3)cn2)c1. The number of rotatable bonds is 15. The van der Waals surface area contributed by atoms with Crippen LogP contribution < -0.4 is 31.6 Å². The zero-order valence-electron chi connectivity index (χ0n) is 36.3. The summed E-state index contributed by atoms with van der Waals surface area (Å²) < 4.78 is 15.7. The third kappa shape index (κ3) is 10.9. The van der Waals surface area contributed by atoms with Crippen molar-refractivity contribution in [1.29, 1.82) is 10.5 Å². The van der Waals surface area contributed by atoms with Gasteiger partial charge in [-0.05, 0) is 79.1 Å². The molecule has 0 aliphatic heterocycles. The van der Waals surface area contributed by atoms with Crippen LogP contribution >= 0.6 is 11.6 Å². The zero-order valence-corrected chi connectivity index (χ0v) is 37.1. The van der Waals surface area contributed by atoms with Crippen molar-refractivity contribution in [3.63, 3.8) is 0 Å². The number of ether oxygens (including phenoxy) is 2. The molecule has 6 N–H and O–H groups in total. The molecule has 8 rings (SSSR count). The minimum absolute atomic E-state index is 0.133. The first-order valence-electron chi connectivity index (χ1n) is 20.7. The second kappa shape index (κ2) is 20.2. The number of amides is 2. The van der Waals surface area contributed by atoms with Crippen LogP contribution in [-0.4, -0.2) is 51.3 Å². The van der Waals surface area contributed by atoms with Crippen LogP contribution in [0.5, 0.6) is 23.3 Å². The fraction of sp³-hybridized carbons (Fsp3) is 0.102. The van der Waals surface area contributed by atoms with Crippen molar-refractivity contribution in [1.82, 2.24) is 39.5 Å². The van der Waals surface area contributed by atoms with Gasteiger partial charge in [-0.1, -0.05) is 53.6 Å². The summed E-state index contributed by atoms with van der Waals surface area (Å²) in [5.41, 5.74) is 18.7. The lowest BCUT2D eigenvalue weighted by Crippen LogP contribution is -2.18. The summed E-state index contributed by atoms with van der Waals surface area (Å²) >= 11 is 6.17. The van der Waals surface area contributed by atoms with Gasteiger partial charge in [0.05, 0.1) is 42.7 Å². The van der Waals surface area contributed by atoms with E-state index in [0.717, 1.165) is 16.7 Å². The number of benzene rings is 4. The van der Waals surface area contributed by atoms with Crippen LogP contribution in [0.2, 0.25) is 5.02 Å². The third-order valence-electron chi connectivity index (χ3n) is 10.2. The van der Waals surface area contributed by atoms with Crippen LogP contribution in [0.15, 0.2) is 134 Å². The van der Waals surface area contributed by atoms with E-state index in [1.807, 2.05) is 55.5 Å². The Morgan fingerprint density at radius 2 is 1.32 bits per heavy atom. The van der Waals surface area contributed by atoms with Gasteiger partial charge in [0, 0.05) is 52.1 Å². The van der Waals surface area contributed by atoms with E-state index in [4.69, 9.17) is 37.8 Å². The highest BCUT2D eigenvalue weighted by atomic mass is 35.5. The number of nitrogen functional groups attached to an aromatic ring is 2. The first-order chi connectivity index (χ1) is 32.9. The molecule has 18 nitrogen and oxygen atoms in total. The lowest BCUT2D eigenvalue weighted by Gasteiger charge is -2.12. The van der Waals surface area contributed by atoms with E-state index in [2.05, 4.69) is 40.8 Å². The van der Waals surface area contributed by atoms with Crippen molar-refractivity contribution in [3.8, 4) is 57.7 Å². The molecule has 0 saturated heterocycles. The average Bonchev–Trinajstić information content (AvgIpc) is 3.97. The van der Waals surface area contributed by atoms with Crippen LogP contribution in [0.3, 0.4) is 0 Å². The van der Waals surface area contributed by atoms with Gasteiger partial charge in [0.1, 0.15) is 53.3 Å². The highest BCUT2D eigenvalue weighted by molar-refractivity contribution is 6.30. The molecular weight excluding hydrogens is 884 g/mol. The zero-order chi connectivity index (χ0) is 47.7. The van der Waals surface area contributed by atoms with Crippen LogP contribution in [0.4, 0.5) is 23.0 Å². The Balaban J connectivity index is 0.946. The fourth-order valence-corrected chi connectivity index (χ4v) is 7.23. The van der Waals surface area contributed by atoms with Crippen LogP contribution in [0.1, 0.15) is 29.2 Å². The number of aryl methyl sites for hydroxylation is 1. The maximum absolute atomic E-state index is 13.5. The Kier molecular flexibility index (Phi) is 13.4. The molecule has 0 bridgehead atoms. The molecule has 4 heterocycles. The van der Waals surface area contributed by atoms with Gasteiger partial charge in [0.25, 0.3) is 5.91 Å². The molecule has 8 aromatic rings. The van der Waals surface area contributed by atoms with Gasteiger partial charge in [-0.2, -0.15) is 20.7 Å². The maximum Gasteiger partial charge on any atom is 0.266 e. The van der Waals surface area contributed by atoms with Crippen molar-refractivity contribution < 1.29 is 19.1 Å². The Hall–Kier alpha value is -9.39. The monoisotopic (exact) mass is 922 g/mol. The van der Waals surface area contributed by atoms with Gasteiger partial charge in [-0.15, -0.1) is 0 Å². The van der Waals surface area contributed by atoms with Crippen LogP contribution in [0.25, 0.3) is 28.3 Å². The lowest BCUT2D eigenvalue weighted by atomic mass is 10.0. The van der Waals surface area contributed by atoms with E-state index in [1.165, 1.54) is 25.7 Å². The van der Waals surface area contributed by atoms with Crippen molar-refractivity contribution in [2.75, 3.05) is 22.1 Å². The summed E-state index contributed by atoms with van der Waals surface area (Å²) in [5, 5.41) is 34.4. The number of nitrogens with one attached hydrogen (secondary N) is 2. The van der Waals surface area contributed by atoms with E-state index in [-0.39, 0.29) is 29.0 Å². The molecule has 0 fully saturated rings. The van der Waals surface area contributed by atoms with Crippen molar-refractivity contribution >= 4 is 52.5 Å². The van der Waals surface area contributed by atoms with E-state index in [1.54, 1.807) is 88.7 Å². The number of nitriles is 2. The average molecular weight is 923 g/mol. The molecule has 19 heteroatoms. The number of hydrogen-bond acceptors (Lipinski definition) is 14. The van der Waals surface area contributed by atoms with Gasteiger partial charge in [-0.25, -0.2) is 19.9 Å². The Bertz CT molecular complexity index is 3320. The first-order valence-corrected chi connectivity index (χ1v) is 21.1. The molecule has 4 aromatic carbocycles. The molecule has 68 heavy (non-hydrogen) atoms. The molecule has 1 unspecified atom stereocenters. The highest BCUT2D eigenvalue weighted by Crippen LogP contribution is 2.37. The standard InChI is InChI=1S/C49H39ClN14O4/c1-29-12-32(14-33(13-29)24-64-26-36(22-60-64)43-45(54)56-28-58-49(43)67-40-10-4-8-38(17-40)61-46(65)30(2)19-51)15-34(20-52)47(66)62-39-9-5-11-41(18-39)68-48-42(44(53)55-27-57-48)35-21-59-63(25-35)23-31-6-3-7-37(50)16-31/h3-18,21-22,25-28,30H,23-24H2,1-2H3,(H,61,65)(H,62,66)(H2,53,55,57)(H2,54,56,58). The number of halogens is 1. The molecule has 336 valence electrons. The molecule has 0 saturated carbocycles. The number of carbonyl (C=O) groups is 2. The fourth-order valence-electron chi connectivity index (χ4n) is 7.02. The van der Waals surface area contributed by atoms with Crippen LogP contribution in [-0.2, 0) is 22.7 Å². The Morgan fingerprint density at radius 3 is 1.90 bits per heavy atom. The van der Waals surface area contributed by atoms with E-state index in [0.29, 0.717) is 68.8 Å². The summed E-state index contributed by atoms with van der Waals surface area (Å²) in [5.74, 6) is -0.539. The van der Waals surface area contributed by atoms with Gasteiger partial charge in [0.15, 0.2) is 0 Å². The number of hydrogen-bond donors (Lipinski definition) is 4. The number of nitrogens with two attached hydrogens (primary N) is 2. The summed E-state index contributed by atoms with van der Waals surface area (Å²) in [7, 11) is 0. The third-order valence-corrected chi connectivity index (χ3v) is 10.4. The van der Waals surface area contributed by atoms with Crippen molar-refractivity contribution in [2.45, 2.75) is 26.9 Å². The minimum atomic E-state index is -0.836. The predicted molar refractivity (Wildman–Crippen MR) is 255 cm³/mol. The lowest BCUT2D eigenvalue weighted by molar-refractivity contribution is -0.118. The number of carbonyl (C=O) groups excluding carboxylic acids is 2. The second-order valence-electron chi connectivity index (χ2n) is 15.3. The van der Waals surface area contributed by atoms with Gasteiger partial charge in [-0.3, -0.25) is 19.0 Å². The first kappa shape index (κ1) is 45.2. The smallest absolute Gasteiger partial charge is 0.266 e. The quantitative estimate of drug-likeness (QED) is 0.0555. The van der Waals surface area contributed by atoms with Gasteiger partial charge >= 0.3 is 0 Å². The Morgan fingerprint density at radius 1 is 0.750 bits per heavy atom. The number of anilines is 4. The largest absolute Gasteiger partial charge is 0.438 e. The van der Waals surface area contributed by atoms with Crippen molar-refractivity contribution in [2.24, 2.45) is 5.92 Å². The summed E-state index contributed by atoms with van der Waals surface area (Å²) in [6, 6.07) is 30.4. The molecule has 1 atom stereocenters. The minimum Gasteiger partial charge on any atom is -0.438 e. The number of nitrogens with zero attached hydrogens (tertiary/aromatic N) is 10. The molecule has 0 spiro atoms. The normalized spacial score (nSPS) is 11.5. The van der Waals surface area contributed by atoms with Crippen LogP contribution in [0, 0.1) is 35.5 Å². The molecule has 4 aromatic heterocycles. The molecule has 2 amide bonds. The van der Waals surface area contributed by atoms with E-state index < -0.39 is 17.7 Å². The summed E-state index contributed by atoms with van der Waals surface area (Å²) in [6.07, 6.45) is 10.9. The molecular formula is C49H39ClN14O4. The molecule has 0 aliphatic rings. The molecule has 0 radical (unpaired) electrons. The predicted octanol–water partition coefficient (Wildman–Crippen LogP) is 8.44. The van der Waals surface area contributed by atoms with E-state index in [9.17, 15) is 14.9 Å². The maximum atomic E-state index is 13.5. The second-order valence-corrected chi connectivity index (χ2v) is 15.8. The van der Waals surface area contributed by atoms with Gasteiger partial charge < -0.3 is 31.6 Å².